The van der Waals surface area contributed by atoms with E-state index in [2.05, 4.69) is 18.3 Å². The summed E-state index contributed by atoms with van der Waals surface area (Å²) in [4.78, 5) is 31.9. The number of fused-ring (bicyclic) bond motifs is 1. The zero-order chi connectivity index (χ0) is 26.1. The molecule has 3 heterocycles. The average Bonchev–Trinajstić information content (AvgIpc) is 3.47. The maximum Gasteiger partial charge on any atom is 0.268 e. The molecular formula is C29H29N5O2S. The molecule has 188 valence electrons. The molecule has 0 aliphatic heterocycles. The smallest absolute Gasteiger partial charge is 0.268 e. The van der Waals surface area contributed by atoms with Crippen LogP contribution in [-0.2, 0) is 17.6 Å². The van der Waals surface area contributed by atoms with Crippen LogP contribution in [0.5, 0.6) is 0 Å². The fraction of sp³-hybridized carbons (Fsp3) is 0.241. The molecule has 37 heavy (non-hydrogen) atoms. The van der Waals surface area contributed by atoms with E-state index < -0.39 is 0 Å². The number of benzene rings is 2. The highest BCUT2D eigenvalue weighted by atomic mass is 32.1. The SMILES string of the molecule is CCc1ccccc1-n1nc(-c2c(C)nc3scc(CC(=O)N[C@H](C)c4ccccc4)n3c2=O)cc1C. The zero-order valence-corrected chi connectivity index (χ0v) is 22.2. The Kier molecular flexibility index (Phi) is 6.76. The molecule has 0 bridgehead atoms. The lowest BCUT2D eigenvalue weighted by Crippen LogP contribution is -2.29. The van der Waals surface area contributed by atoms with Gasteiger partial charge in [-0.2, -0.15) is 5.10 Å². The van der Waals surface area contributed by atoms with E-state index in [0.717, 1.165) is 23.4 Å². The van der Waals surface area contributed by atoms with Crippen LogP contribution in [0.3, 0.4) is 0 Å². The summed E-state index contributed by atoms with van der Waals surface area (Å²) in [5, 5.41) is 9.69. The Labute approximate surface area is 219 Å². The second-order valence-electron chi connectivity index (χ2n) is 9.16. The molecule has 0 saturated heterocycles. The molecule has 0 radical (unpaired) electrons. The molecule has 2 aromatic carbocycles. The molecule has 0 unspecified atom stereocenters. The largest absolute Gasteiger partial charge is 0.349 e. The number of nitrogens with one attached hydrogen (secondary N) is 1. The van der Waals surface area contributed by atoms with Crippen LogP contribution in [0.4, 0.5) is 0 Å². The van der Waals surface area contributed by atoms with Gasteiger partial charge in [0, 0.05) is 16.8 Å². The van der Waals surface area contributed by atoms with E-state index in [9.17, 15) is 9.59 Å². The number of aromatic nitrogens is 4. The van der Waals surface area contributed by atoms with Crippen LogP contribution in [0, 0.1) is 13.8 Å². The molecule has 8 heteroatoms. The minimum Gasteiger partial charge on any atom is -0.349 e. The predicted molar refractivity (Wildman–Crippen MR) is 147 cm³/mol. The number of hydrogen-bond donors (Lipinski definition) is 1. The molecule has 7 nitrogen and oxygen atoms in total. The molecule has 0 spiro atoms. The van der Waals surface area contributed by atoms with Gasteiger partial charge in [-0.1, -0.05) is 55.5 Å². The van der Waals surface area contributed by atoms with E-state index in [4.69, 9.17) is 10.1 Å². The third kappa shape index (κ3) is 4.72. The highest BCUT2D eigenvalue weighted by molar-refractivity contribution is 7.15. The van der Waals surface area contributed by atoms with Gasteiger partial charge >= 0.3 is 0 Å². The van der Waals surface area contributed by atoms with Crippen molar-refractivity contribution in [2.24, 2.45) is 0 Å². The number of nitrogens with zero attached hydrogens (tertiary/aromatic N) is 4. The average molecular weight is 512 g/mol. The summed E-state index contributed by atoms with van der Waals surface area (Å²) in [5.74, 6) is -0.152. The fourth-order valence-electron chi connectivity index (χ4n) is 4.66. The van der Waals surface area contributed by atoms with Gasteiger partial charge < -0.3 is 5.32 Å². The third-order valence-electron chi connectivity index (χ3n) is 6.58. The van der Waals surface area contributed by atoms with Crippen molar-refractivity contribution in [1.29, 1.82) is 0 Å². The third-order valence-corrected chi connectivity index (χ3v) is 7.46. The molecule has 0 aliphatic rings. The van der Waals surface area contributed by atoms with E-state index in [0.29, 0.717) is 27.6 Å². The normalized spacial score (nSPS) is 12.1. The van der Waals surface area contributed by atoms with Crippen molar-refractivity contribution in [3.05, 3.63) is 105 Å². The van der Waals surface area contributed by atoms with E-state index >= 15 is 0 Å². The van der Waals surface area contributed by atoms with Crippen molar-refractivity contribution < 1.29 is 4.79 Å². The lowest BCUT2D eigenvalue weighted by atomic mass is 10.1. The molecule has 3 aromatic heterocycles. The van der Waals surface area contributed by atoms with E-state index in [-0.39, 0.29) is 23.9 Å². The Bertz CT molecular complexity index is 1650. The van der Waals surface area contributed by atoms with Crippen LogP contribution in [0.25, 0.3) is 21.9 Å². The second-order valence-corrected chi connectivity index (χ2v) is 10.0. The summed E-state index contributed by atoms with van der Waals surface area (Å²) < 4.78 is 3.43. The Morgan fingerprint density at radius 3 is 2.57 bits per heavy atom. The van der Waals surface area contributed by atoms with Gasteiger partial charge in [-0.3, -0.25) is 14.0 Å². The summed E-state index contributed by atoms with van der Waals surface area (Å²) in [6, 6.07) is 19.7. The topological polar surface area (TPSA) is 81.3 Å². The Morgan fingerprint density at radius 2 is 1.81 bits per heavy atom. The summed E-state index contributed by atoms with van der Waals surface area (Å²) >= 11 is 1.36. The highest BCUT2D eigenvalue weighted by Gasteiger charge is 2.21. The van der Waals surface area contributed by atoms with Gasteiger partial charge in [0.2, 0.25) is 5.91 Å². The van der Waals surface area contributed by atoms with Gasteiger partial charge in [0.1, 0.15) is 5.69 Å². The van der Waals surface area contributed by atoms with Crippen molar-refractivity contribution >= 4 is 22.2 Å². The van der Waals surface area contributed by atoms with Gasteiger partial charge in [0.25, 0.3) is 5.56 Å². The number of amides is 1. The standard InChI is InChI=1S/C29H29N5O2S/c1-5-21-11-9-10-14-25(21)34-18(2)15-24(32-34)27-20(4)31-29-33(28(27)36)23(17-37-29)16-26(35)30-19(3)22-12-7-6-8-13-22/h6-15,17,19H,5,16H2,1-4H3,(H,30,35)/t19-/m1/s1. The van der Waals surface area contributed by atoms with Crippen molar-refractivity contribution in [2.75, 3.05) is 0 Å². The first-order valence-corrected chi connectivity index (χ1v) is 13.2. The maximum atomic E-state index is 13.8. The molecule has 0 fully saturated rings. The number of thiazole rings is 1. The number of aryl methyl sites for hydroxylation is 3. The van der Waals surface area contributed by atoms with Crippen molar-refractivity contribution in [3.8, 4) is 16.9 Å². The van der Waals surface area contributed by atoms with Crippen molar-refractivity contribution in [1.82, 2.24) is 24.5 Å². The molecule has 0 saturated carbocycles. The molecule has 1 N–H and O–H groups in total. The lowest BCUT2D eigenvalue weighted by molar-refractivity contribution is -0.121. The highest BCUT2D eigenvalue weighted by Crippen LogP contribution is 2.25. The number of rotatable bonds is 7. The molecule has 5 rings (SSSR count). The van der Waals surface area contributed by atoms with Gasteiger partial charge in [-0.25, -0.2) is 9.67 Å². The quantitative estimate of drug-likeness (QED) is 0.325. The molecule has 0 aliphatic carbocycles. The van der Waals surface area contributed by atoms with E-state index in [1.807, 2.05) is 85.4 Å². The Morgan fingerprint density at radius 1 is 1.08 bits per heavy atom. The van der Waals surface area contributed by atoms with Gasteiger partial charge in [0.05, 0.1) is 29.4 Å². The summed E-state index contributed by atoms with van der Waals surface area (Å²) in [6.45, 7) is 7.88. The number of carbonyl (C=O) groups excluding carboxylic acids is 1. The fourth-order valence-corrected chi connectivity index (χ4v) is 5.59. The van der Waals surface area contributed by atoms with Crippen LogP contribution in [0.15, 0.2) is 70.8 Å². The minimum atomic E-state index is -0.212. The monoisotopic (exact) mass is 511 g/mol. The first-order valence-electron chi connectivity index (χ1n) is 12.4. The van der Waals surface area contributed by atoms with Crippen LogP contribution >= 0.6 is 11.3 Å². The summed E-state index contributed by atoms with van der Waals surface area (Å²) in [6.07, 6.45) is 0.960. The molecule has 1 atom stereocenters. The van der Waals surface area contributed by atoms with Gasteiger partial charge in [-0.15, -0.1) is 11.3 Å². The first-order chi connectivity index (χ1) is 17.9. The van der Waals surface area contributed by atoms with Crippen LogP contribution in [0.1, 0.15) is 48.1 Å². The van der Waals surface area contributed by atoms with Crippen molar-refractivity contribution in [2.45, 2.75) is 46.6 Å². The number of para-hydroxylation sites is 1. The lowest BCUT2D eigenvalue weighted by Gasteiger charge is -2.14. The number of carbonyl (C=O) groups is 1. The van der Waals surface area contributed by atoms with Crippen LogP contribution in [-0.4, -0.2) is 25.1 Å². The summed E-state index contributed by atoms with van der Waals surface area (Å²) in [7, 11) is 0. The molecule has 1 amide bonds. The molecule has 5 aromatic rings. The minimum absolute atomic E-state index is 0.0819. The first kappa shape index (κ1) is 24.6. The summed E-state index contributed by atoms with van der Waals surface area (Å²) in [5.41, 5.74) is 6.18. The van der Waals surface area contributed by atoms with Crippen LogP contribution in [0.2, 0.25) is 0 Å². The van der Waals surface area contributed by atoms with E-state index in [1.54, 1.807) is 4.40 Å². The Hall–Kier alpha value is -4.04. The zero-order valence-electron chi connectivity index (χ0n) is 21.4. The van der Waals surface area contributed by atoms with Gasteiger partial charge in [-0.05, 0) is 50.5 Å². The van der Waals surface area contributed by atoms with E-state index in [1.165, 1.54) is 16.9 Å². The maximum absolute atomic E-state index is 13.8. The second kappa shape index (κ2) is 10.1. The van der Waals surface area contributed by atoms with Crippen molar-refractivity contribution in [3.63, 3.8) is 0 Å². The predicted octanol–water partition coefficient (Wildman–Crippen LogP) is 5.21. The molecular weight excluding hydrogens is 482 g/mol. The van der Waals surface area contributed by atoms with Gasteiger partial charge in [0.15, 0.2) is 4.96 Å². The Balaban J connectivity index is 1.50. The van der Waals surface area contributed by atoms with Crippen LogP contribution < -0.4 is 10.9 Å². The number of hydrogen-bond acceptors (Lipinski definition) is 5.